The maximum Gasteiger partial charge on any atom is 0.137 e. The molecule has 1 heterocycles. The third-order valence-electron chi connectivity index (χ3n) is 2.34. The van der Waals surface area contributed by atoms with Gasteiger partial charge >= 0.3 is 0 Å². The second-order valence-corrected chi connectivity index (χ2v) is 3.24. The summed E-state index contributed by atoms with van der Waals surface area (Å²) in [4.78, 5) is 4.19. The molecule has 0 bridgehead atoms. The Hall–Kier alpha value is -1.57. The molecule has 2 rings (SSSR count). The first-order valence-corrected chi connectivity index (χ1v) is 4.24. The third-order valence-corrected chi connectivity index (χ3v) is 2.34. The molecular formula is C11H11NO. The number of aromatic hydroxyl groups is 1. The van der Waals surface area contributed by atoms with Gasteiger partial charge in [-0.3, -0.25) is 4.98 Å². The number of hydrogen-bond acceptors (Lipinski definition) is 2. The van der Waals surface area contributed by atoms with E-state index >= 15 is 0 Å². The van der Waals surface area contributed by atoms with E-state index in [9.17, 15) is 5.11 Å². The lowest BCUT2D eigenvalue weighted by Gasteiger charge is -2.05. The summed E-state index contributed by atoms with van der Waals surface area (Å²) >= 11 is 0. The van der Waals surface area contributed by atoms with Crippen molar-refractivity contribution in [2.75, 3.05) is 0 Å². The fraction of sp³-hybridized carbons (Fsp3) is 0.182. The van der Waals surface area contributed by atoms with E-state index in [0.717, 1.165) is 22.0 Å². The molecule has 0 aliphatic carbocycles. The van der Waals surface area contributed by atoms with Gasteiger partial charge in [0.25, 0.3) is 0 Å². The highest BCUT2D eigenvalue weighted by Crippen LogP contribution is 2.25. The Morgan fingerprint density at radius 1 is 1.23 bits per heavy atom. The van der Waals surface area contributed by atoms with Crippen LogP contribution in [0, 0.1) is 13.8 Å². The van der Waals surface area contributed by atoms with Crippen LogP contribution in [0.15, 0.2) is 24.4 Å². The Morgan fingerprint density at radius 2 is 2.00 bits per heavy atom. The van der Waals surface area contributed by atoms with Gasteiger partial charge in [0.15, 0.2) is 0 Å². The predicted molar refractivity (Wildman–Crippen MR) is 52.9 cm³/mol. The Bertz CT molecular complexity index is 463. The smallest absolute Gasteiger partial charge is 0.137 e. The highest BCUT2D eigenvalue weighted by molar-refractivity contribution is 5.86. The van der Waals surface area contributed by atoms with Gasteiger partial charge in [0.1, 0.15) is 5.75 Å². The SMILES string of the molecule is Cc1c(O)cnc2c(C)cccc12. The molecule has 2 aromatic rings. The van der Waals surface area contributed by atoms with Crippen molar-refractivity contribution in [3.63, 3.8) is 0 Å². The summed E-state index contributed by atoms with van der Waals surface area (Å²) in [6, 6.07) is 5.97. The van der Waals surface area contributed by atoms with Gasteiger partial charge in [-0.2, -0.15) is 0 Å². The van der Waals surface area contributed by atoms with Gasteiger partial charge in [-0.15, -0.1) is 0 Å². The van der Waals surface area contributed by atoms with Crippen LogP contribution >= 0.6 is 0 Å². The standard InChI is InChI=1S/C11H11NO/c1-7-4-3-5-9-8(2)10(13)6-12-11(7)9/h3-6,13H,1-2H3. The lowest BCUT2D eigenvalue weighted by Crippen LogP contribution is -1.86. The van der Waals surface area contributed by atoms with Crippen LogP contribution < -0.4 is 0 Å². The van der Waals surface area contributed by atoms with Gasteiger partial charge in [-0.25, -0.2) is 0 Å². The van der Waals surface area contributed by atoms with Gasteiger partial charge < -0.3 is 5.11 Å². The second-order valence-electron chi connectivity index (χ2n) is 3.24. The molecule has 0 unspecified atom stereocenters. The molecule has 0 saturated heterocycles. The van der Waals surface area contributed by atoms with Crippen molar-refractivity contribution in [2.45, 2.75) is 13.8 Å². The van der Waals surface area contributed by atoms with Gasteiger partial charge in [0.2, 0.25) is 0 Å². The predicted octanol–water partition coefficient (Wildman–Crippen LogP) is 2.56. The molecule has 1 aromatic heterocycles. The first-order chi connectivity index (χ1) is 6.20. The lowest BCUT2D eigenvalue weighted by molar-refractivity contribution is 0.470. The molecular weight excluding hydrogens is 162 g/mol. The number of nitrogens with zero attached hydrogens (tertiary/aromatic N) is 1. The largest absolute Gasteiger partial charge is 0.506 e. The molecule has 0 radical (unpaired) electrons. The van der Waals surface area contributed by atoms with Gasteiger partial charge in [0.05, 0.1) is 11.7 Å². The number of benzene rings is 1. The van der Waals surface area contributed by atoms with E-state index in [-0.39, 0.29) is 5.75 Å². The van der Waals surface area contributed by atoms with E-state index in [1.165, 1.54) is 6.20 Å². The summed E-state index contributed by atoms with van der Waals surface area (Å²) < 4.78 is 0. The van der Waals surface area contributed by atoms with Gasteiger partial charge in [0, 0.05) is 10.9 Å². The fourth-order valence-corrected chi connectivity index (χ4v) is 1.49. The average molecular weight is 173 g/mol. The van der Waals surface area contributed by atoms with Crippen molar-refractivity contribution in [3.8, 4) is 5.75 Å². The number of aromatic nitrogens is 1. The number of pyridine rings is 1. The van der Waals surface area contributed by atoms with Crippen LogP contribution in [-0.2, 0) is 0 Å². The molecule has 0 spiro atoms. The topological polar surface area (TPSA) is 33.1 Å². The highest BCUT2D eigenvalue weighted by atomic mass is 16.3. The van der Waals surface area contributed by atoms with Crippen LogP contribution in [0.4, 0.5) is 0 Å². The van der Waals surface area contributed by atoms with Crippen molar-refractivity contribution in [1.29, 1.82) is 0 Å². The molecule has 0 amide bonds. The molecule has 0 atom stereocenters. The molecule has 0 fully saturated rings. The van der Waals surface area contributed by atoms with Crippen LogP contribution in [0.25, 0.3) is 10.9 Å². The lowest BCUT2D eigenvalue weighted by atomic mass is 10.1. The summed E-state index contributed by atoms with van der Waals surface area (Å²) in [7, 11) is 0. The minimum Gasteiger partial charge on any atom is -0.506 e. The van der Waals surface area contributed by atoms with Crippen molar-refractivity contribution in [2.24, 2.45) is 0 Å². The zero-order valence-electron chi connectivity index (χ0n) is 7.70. The van der Waals surface area contributed by atoms with Crippen molar-refractivity contribution < 1.29 is 5.11 Å². The van der Waals surface area contributed by atoms with Gasteiger partial charge in [-0.05, 0) is 19.4 Å². The summed E-state index contributed by atoms with van der Waals surface area (Å²) in [6.45, 7) is 3.92. The maximum atomic E-state index is 9.45. The van der Waals surface area contributed by atoms with E-state index in [4.69, 9.17) is 0 Å². The zero-order chi connectivity index (χ0) is 9.42. The van der Waals surface area contributed by atoms with E-state index in [1.807, 2.05) is 32.0 Å². The van der Waals surface area contributed by atoms with Crippen molar-refractivity contribution >= 4 is 10.9 Å². The van der Waals surface area contributed by atoms with Crippen molar-refractivity contribution in [1.82, 2.24) is 4.98 Å². The first kappa shape index (κ1) is 8.05. The van der Waals surface area contributed by atoms with Crippen LogP contribution in [-0.4, -0.2) is 10.1 Å². The molecule has 66 valence electrons. The van der Waals surface area contributed by atoms with Crippen molar-refractivity contribution in [3.05, 3.63) is 35.5 Å². The highest BCUT2D eigenvalue weighted by Gasteiger charge is 2.04. The molecule has 1 N–H and O–H groups in total. The van der Waals surface area contributed by atoms with Crippen LogP contribution in [0.1, 0.15) is 11.1 Å². The third kappa shape index (κ3) is 1.15. The quantitative estimate of drug-likeness (QED) is 0.664. The first-order valence-electron chi connectivity index (χ1n) is 4.24. The molecule has 2 nitrogen and oxygen atoms in total. The van der Waals surface area contributed by atoms with E-state index in [0.29, 0.717) is 0 Å². The Morgan fingerprint density at radius 3 is 2.77 bits per heavy atom. The molecule has 0 aliphatic rings. The van der Waals surface area contributed by atoms with Crippen LogP contribution in [0.2, 0.25) is 0 Å². The van der Waals surface area contributed by atoms with Crippen LogP contribution in [0.5, 0.6) is 5.75 Å². The van der Waals surface area contributed by atoms with Crippen LogP contribution in [0.3, 0.4) is 0 Å². The zero-order valence-corrected chi connectivity index (χ0v) is 7.70. The minimum atomic E-state index is 0.262. The number of aryl methyl sites for hydroxylation is 2. The molecule has 0 saturated carbocycles. The van der Waals surface area contributed by atoms with E-state index in [1.54, 1.807) is 0 Å². The number of hydrogen-bond donors (Lipinski definition) is 1. The molecule has 2 heteroatoms. The Labute approximate surface area is 76.9 Å². The van der Waals surface area contributed by atoms with Gasteiger partial charge in [-0.1, -0.05) is 18.2 Å². The molecule has 1 aromatic carbocycles. The minimum absolute atomic E-state index is 0.262. The number of rotatable bonds is 0. The van der Waals surface area contributed by atoms with E-state index < -0.39 is 0 Å². The summed E-state index contributed by atoms with van der Waals surface area (Å²) in [5, 5.41) is 10.5. The Kier molecular flexibility index (Phi) is 1.69. The molecule has 13 heavy (non-hydrogen) atoms. The number of fused-ring (bicyclic) bond motifs is 1. The summed E-state index contributed by atoms with van der Waals surface area (Å²) in [6.07, 6.45) is 1.50. The fourth-order valence-electron chi connectivity index (χ4n) is 1.49. The molecule has 0 aliphatic heterocycles. The normalized spacial score (nSPS) is 10.6. The average Bonchev–Trinajstić information content (AvgIpc) is 2.12. The second kappa shape index (κ2) is 2.73. The number of para-hydroxylation sites is 1. The summed E-state index contributed by atoms with van der Waals surface area (Å²) in [5.74, 6) is 0.262. The summed E-state index contributed by atoms with van der Waals surface area (Å²) in [5.41, 5.74) is 3.01. The van der Waals surface area contributed by atoms with E-state index in [2.05, 4.69) is 4.98 Å². The Balaban J connectivity index is 2.94. The monoisotopic (exact) mass is 173 g/mol. The maximum absolute atomic E-state index is 9.45.